The van der Waals surface area contributed by atoms with E-state index in [1.807, 2.05) is 42.5 Å². The van der Waals surface area contributed by atoms with Crippen molar-refractivity contribution in [2.75, 3.05) is 20.8 Å². The van der Waals surface area contributed by atoms with Crippen molar-refractivity contribution >= 4 is 6.03 Å². The van der Waals surface area contributed by atoms with Crippen LogP contribution in [0.4, 0.5) is 4.79 Å². The van der Waals surface area contributed by atoms with Gasteiger partial charge in [0.2, 0.25) is 0 Å². The predicted octanol–water partition coefficient (Wildman–Crippen LogP) is 2.24. The SMILES string of the molecule is COc1ccc(CCNC(=O)NCc2ccc(CO)cc2)cc1OC. The monoisotopic (exact) mass is 344 g/mol. The van der Waals surface area contributed by atoms with E-state index in [1.54, 1.807) is 14.2 Å². The highest BCUT2D eigenvalue weighted by Gasteiger charge is 2.05. The number of carbonyl (C=O) groups is 1. The van der Waals surface area contributed by atoms with Crippen LogP contribution in [0.5, 0.6) is 11.5 Å². The molecule has 0 fully saturated rings. The van der Waals surface area contributed by atoms with Gasteiger partial charge in [-0.05, 0) is 35.2 Å². The number of nitrogens with one attached hydrogen (secondary N) is 2. The molecule has 0 heterocycles. The normalized spacial score (nSPS) is 10.2. The molecule has 2 aromatic rings. The fourth-order valence-electron chi connectivity index (χ4n) is 2.36. The highest BCUT2D eigenvalue weighted by Crippen LogP contribution is 2.27. The van der Waals surface area contributed by atoms with Crippen molar-refractivity contribution in [1.29, 1.82) is 0 Å². The summed E-state index contributed by atoms with van der Waals surface area (Å²) >= 11 is 0. The molecular formula is C19H24N2O4. The van der Waals surface area contributed by atoms with E-state index < -0.39 is 0 Å². The molecule has 0 unspecified atom stereocenters. The van der Waals surface area contributed by atoms with Crippen molar-refractivity contribution in [3.63, 3.8) is 0 Å². The van der Waals surface area contributed by atoms with Gasteiger partial charge in [0.05, 0.1) is 20.8 Å². The van der Waals surface area contributed by atoms with Crippen molar-refractivity contribution in [3.05, 3.63) is 59.2 Å². The third-order valence-corrected chi connectivity index (χ3v) is 3.81. The van der Waals surface area contributed by atoms with Gasteiger partial charge in [-0.2, -0.15) is 0 Å². The van der Waals surface area contributed by atoms with Crippen LogP contribution in [-0.4, -0.2) is 31.9 Å². The standard InChI is InChI=1S/C19H24N2O4/c1-24-17-8-7-14(11-18(17)25-2)9-10-20-19(23)21-12-15-3-5-16(13-22)6-4-15/h3-8,11,22H,9-10,12-13H2,1-2H3,(H2,20,21,23). The second kappa shape index (κ2) is 9.54. The van der Waals surface area contributed by atoms with Gasteiger partial charge in [-0.25, -0.2) is 4.79 Å². The summed E-state index contributed by atoms with van der Waals surface area (Å²) in [6, 6.07) is 12.9. The summed E-state index contributed by atoms with van der Waals surface area (Å²) in [5.74, 6) is 1.36. The molecular weight excluding hydrogens is 320 g/mol. The van der Waals surface area contributed by atoms with E-state index in [0.717, 1.165) is 16.7 Å². The van der Waals surface area contributed by atoms with Gasteiger partial charge in [0, 0.05) is 13.1 Å². The molecule has 0 aliphatic heterocycles. The number of hydrogen-bond donors (Lipinski definition) is 3. The van der Waals surface area contributed by atoms with Gasteiger partial charge in [-0.1, -0.05) is 30.3 Å². The molecule has 2 aromatic carbocycles. The van der Waals surface area contributed by atoms with E-state index in [0.29, 0.717) is 31.0 Å². The van der Waals surface area contributed by atoms with Crippen molar-refractivity contribution in [3.8, 4) is 11.5 Å². The van der Waals surface area contributed by atoms with E-state index >= 15 is 0 Å². The summed E-state index contributed by atoms with van der Waals surface area (Å²) in [7, 11) is 3.20. The lowest BCUT2D eigenvalue weighted by atomic mass is 10.1. The van der Waals surface area contributed by atoms with Crippen LogP contribution in [0.25, 0.3) is 0 Å². The molecule has 6 nitrogen and oxygen atoms in total. The molecule has 0 saturated heterocycles. The van der Waals surface area contributed by atoms with Crippen LogP contribution >= 0.6 is 0 Å². The van der Waals surface area contributed by atoms with E-state index in [2.05, 4.69) is 10.6 Å². The Kier molecular flexibility index (Phi) is 7.10. The highest BCUT2D eigenvalue weighted by atomic mass is 16.5. The van der Waals surface area contributed by atoms with E-state index in [1.165, 1.54) is 0 Å². The van der Waals surface area contributed by atoms with Crippen molar-refractivity contribution in [2.45, 2.75) is 19.6 Å². The maximum absolute atomic E-state index is 11.8. The van der Waals surface area contributed by atoms with Gasteiger partial charge >= 0.3 is 6.03 Å². The number of methoxy groups -OCH3 is 2. The number of carbonyl (C=O) groups excluding carboxylic acids is 1. The Morgan fingerprint density at radius 2 is 1.56 bits per heavy atom. The van der Waals surface area contributed by atoms with Crippen molar-refractivity contribution in [1.82, 2.24) is 10.6 Å². The molecule has 6 heteroatoms. The molecule has 0 radical (unpaired) electrons. The quantitative estimate of drug-likeness (QED) is 0.686. The molecule has 0 atom stereocenters. The van der Waals surface area contributed by atoms with Gasteiger partial charge in [-0.15, -0.1) is 0 Å². The van der Waals surface area contributed by atoms with Crippen molar-refractivity contribution < 1.29 is 19.4 Å². The molecule has 0 aromatic heterocycles. The third kappa shape index (κ3) is 5.69. The first-order valence-corrected chi connectivity index (χ1v) is 8.07. The van der Waals surface area contributed by atoms with E-state index in [9.17, 15) is 4.79 Å². The number of aliphatic hydroxyl groups excluding tert-OH is 1. The van der Waals surface area contributed by atoms with Crippen LogP contribution in [0, 0.1) is 0 Å². The average Bonchev–Trinajstić information content (AvgIpc) is 2.66. The van der Waals surface area contributed by atoms with Crippen LogP contribution in [-0.2, 0) is 19.6 Å². The second-order valence-electron chi connectivity index (χ2n) is 5.52. The molecule has 2 rings (SSSR count). The van der Waals surface area contributed by atoms with Crippen LogP contribution in [0.15, 0.2) is 42.5 Å². The first-order chi connectivity index (χ1) is 12.2. The number of ether oxygens (including phenoxy) is 2. The van der Waals surface area contributed by atoms with Gasteiger partial charge in [0.1, 0.15) is 0 Å². The molecule has 0 saturated carbocycles. The second-order valence-corrected chi connectivity index (χ2v) is 5.52. The Bertz CT molecular complexity index is 686. The zero-order chi connectivity index (χ0) is 18.1. The van der Waals surface area contributed by atoms with E-state index in [4.69, 9.17) is 14.6 Å². The maximum atomic E-state index is 11.8. The fourth-order valence-corrected chi connectivity index (χ4v) is 2.36. The Hall–Kier alpha value is -2.73. The summed E-state index contributed by atoms with van der Waals surface area (Å²) < 4.78 is 10.5. The van der Waals surface area contributed by atoms with Gasteiger partial charge in [-0.3, -0.25) is 0 Å². The van der Waals surface area contributed by atoms with Crippen LogP contribution in [0.1, 0.15) is 16.7 Å². The fraction of sp³-hybridized carbons (Fsp3) is 0.316. The first kappa shape index (κ1) is 18.6. The summed E-state index contributed by atoms with van der Waals surface area (Å²) in [5, 5.41) is 14.6. The smallest absolute Gasteiger partial charge is 0.315 e. The summed E-state index contributed by atoms with van der Waals surface area (Å²) in [6.07, 6.45) is 0.693. The Morgan fingerprint density at radius 1 is 0.920 bits per heavy atom. The third-order valence-electron chi connectivity index (χ3n) is 3.81. The summed E-state index contributed by atoms with van der Waals surface area (Å²) in [5.41, 5.74) is 2.88. The zero-order valence-electron chi connectivity index (χ0n) is 14.5. The maximum Gasteiger partial charge on any atom is 0.315 e. The predicted molar refractivity (Wildman–Crippen MR) is 95.9 cm³/mol. The number of rotatable bonds is 8. The Morgan fingerprint density at radius 3 is 2.20 bits per heavy atom. The average molecular weight is 344 g/mol. The molecule has 0 bridgehead atoms. The molecule has 0 spiro atoms. The number of aliphatic hydroxyl groups is 1. The minimum absolute atomic E-state index is 0.0182. The van der Waals surface area contributed by atoms with Crippen LogP contribution in [0.2, 0.25) is 0 Å². The molecule has 134 valence electrons. The lowest BCUT2D eigenvalue weighted by Gasteiger charge is -2.11. The van der Waals surface area contributed by atoms with E-state index in [-0.39, 0.29) is 12.6 Å². The Balaban J connectivity index is 1.74. The summed E-state index contributed by atoms with van der Waals surface area (Å²) in [6.45, 7) is 0.975. The highest BCUT2D eigenvalue weighted by molar-refractivity contribution is 5.73. The summed E-state index contributed by atoms with van der Waals surface area (Å²) in [4.78, 5) is 11.8. The number of benzene rings is 2. The molecule has 25 heavy (non-hydrogen) atoms. The molecule has 2 amide bonds. The molecule has 0 aliphatic carbocycles. The largest absolute Gasteiger partial charge is 0.493 e. The Labute approximate surface area is 147 Å². The topological polar surface area (TPSA) is 79.8 Å². The lowest BCUT2D eigenvalue weighted by molar-refractivity contribution is 0.240. The number of amides is 2. The van der Waals surface area contributed by atoms with Crippen LogP contribution < -0.4 is 20.1 Å². The number of urea groups is 1. The van der Waals surface area contributed by atoms with Gasteiger partial charge < -0.3 is 25.2 Å². The van der Waals surface area contributed by atoms with Crippen LogP contribution in [0.3, 0.4) is 0 Å². The number of hydrogen-bond acceptors (Lipinski definition) is 4. The lowest BCUT2D eigenvalue weighted by Crippen LogP contribution is -2.36. The van der Waals surface area contributed by atoms with Gasteiger partial charge in [0.15, 0.2) is 11.5 Å². The van der Waals surface area contributed by atoms with Crippen molar-refractivity contribution in [2.24, 2.45) is 0 Å². The molecule has 0 aliphatic rings. The first-order valence-electron chi connectivity index (χ1n) is 8.07. The minimum Gasteiger partial charge on any atom is -0.493 e. The zero-order valence-corrected chi connectivity index (χ0v) is 14.5. The molecule has 3 N–H and O–H groups in total. The van der Waals surface area contributed by atoms with Gasteiger partial charge in [0.25, 0.3) is 0 Å². The minimum atomic E-state index is -0.216.